The van der Waals surface area contributed by atoms with Gasteiger partial charge in [0, 0.05) is 0 Å². The van der Waals surface area contributed by atoms with Gasteiger partial charge in [-0.05, 0) is 42.9 Å². The summed E-state index contributed by atoms with van der Waals surface area (Å²) in [6, 6.07) is 8.62. The van der Waals surface area contributed by atoms with Crippen LogP contribution < -0.4 is 0 Å². The number of aryl methyl sites for hydroxylation is 1. The van der Waals surface area contributed by atoms with Gasteiger partial charge in [-0.3, -0.25) is 0 Å². The van der Waals surface area contributed by atoms with Crippen LogP contribution in [0.3, 0.4) is 0 Å². The number of hydrogen-bond acceptors (Lipinski definition) is 0. The molecule has 2 rings (SSSR count). The molecular formula is C14H15. The molecule has 0 aromatic heterocycles. The molecule has 0 fully saturated rings. The van der Waals surface area contributed by atoms with E-state index in [0.29, 0.717) is 5.92 Å². The Kier molecular flexibility index (Phi) is 2.83. The monoisotopic (exact) mass is 183 g/mol. The molecule has 0 saturated carbocycles. The van der Waals surface area contributed by atoms with E-state index in [9.17, 15) is 0 Å². The first-order valence-electron chi connectivity index (χ1n) is 5.14. The average Bonchev–Trinajstić information content (AvgIpc) is 2.23. The molecule has 0 nitrogen and oxygen atoms in total. The molecule has 1 atom stereocenters. The summed E-state index contributed by atoms with van der Waals surface area (Å²) in [6.45, 7) is 2.18. The zero-order valence-corrected chi connectivity index (χ0v) is 8.53. The molecule has 1 unspecified atom stereocenters. The van der Waals surface area contributed by atoms with E-state index >= 15 is 0 Å². The molecule has 0 heterocycles. The van der Waals surface area contributed by atoms with Crippen molar-refractivity contribution in [2.24, 2.45) is 5.92 Å². The maximum atomic E-state index is 3.26. The lowest BCUT2D eigenvalue weighted by Crippen LogP contribution is -2.03. The van der Waals surface area contributed by atoms with Crippen molar-refractivity contribution in [3.05, 3.63) is 59.7 Å². The lowest BCUT2D eigenvalue weighted by atomic mass is 9.91. The minimum absolute atomic E-state index is 0.640. The normalized spacial score (nSPS) is 19.9. The maximum Gasteiger partial charge on any atom is -0.0149 e. The highest BCUT2D eigenvalue weighted by Gasteiger charge is 2.07. The van der Waals surface area contributed by atoms with Gasteiger partial charge < -0.3 is 0 Å². The summed E-state index contributed by atoms with van der Waals surface area (Å²) >= 11 is 0. The highest BCUT2D eigenvalue weighted by molar-refractivity contribution is 5.27. The van der Waals surface area contributed by atoms with Crippen LogP contribution in [0.2, 0.25) is 0 Å². The molecule has 0 N–H and O–H groups in total. The van der Waals surface area contributed by atoms with Crippen LogP contribution in [0.25, 0.3) is 0 Å². The standard InChI is InChI=1S/C14H15/c1-12-7-5-6-10-14(12)11-13-8-3-2-4-9-13/h2-3,5-8,10,13H,9,11H2,1H3. The zero-order valence-electron chi connectivity index (χ0n) is 8.53. The summed E-state index contributed by atoms with van der Waals surface area (Å²) in [7, 11) is 0. The molecule has 71 valence electrons. The summed E-state index contributed by atoms with van der Waals surface area (Å²) in [5.74, 6) is 0.640. The van der Waals surface area contributed by atoms with Gasteiger partial charge in [-0.1, -0.05) is 42.5 Å². The van der Waals surface area contributed by atoms with Crippen LogP contribution in [-0.4, -0.2) is 0 Å². The molecule has 14 heavy (non-hydrogen) atoms. The van der Waals surface area contributed by atoms with Gasteiger partial charge in [0.1, 0.15) is 0 Å². The third-order valence-corrected chi connectivity index (χ3v) is 2.72. The molecule has 1 aliphatic carbocycles. The van der Waals surface area contributed by atoms with Crippen molar-refractivity contribution in [2.45, 2.75) is 19.8 Å². The Morgan fingerprint density at radius 3 is 2.93 bits per heavy atom. The van der Waals surface area contributed by atoms with Crippen LogP contribution >= 0.6 is 0 Å². The Morgan fingerprint density at radius 1 is 1.36 bits per heavy atom. The largest absolute Gasteiger partial charge is 0.0807 e. The molecule has 0 bridgehead atoms. The Morgan fingerprint density at radius 2 is 2.21 bits per heavy atom. The van der Waals surface area contributed by atoms with E-state index in [2.05, 4.69) is 49.4 Å². The van der Waals surface area contributed by atoms with E-state index in [0.717, 1.165) is 12.8 Å². The molecular weight excluding hydrogens is 168 g/mol. The van der Waals surface area contributed by atoms with E-state index in [-0.39, 0.29) is 0 Å². The van der Waals surface area contributed by atoms with Crippen molar-refractivity contribution in [3.8, 4) is 0 Å². The van der Waals surface area contributed by atoms with Gasteiger partial charge in [-0.15, -0.1) is 0 Å². The van der Waals surface area contributed by atoms with Gasteiger partial charge in [0.2, 0.25) is 0 Å². The van der Waals surface area contributed by atoms with Crippen molar-refractivity contribution >= 4 is 0 Å². The Labute approximate surface area is 86.0 Å². The molecule has 0 spiro atoms. The summed E-state index contributed by atoms with van der Waals surface area (Å²) in [4.78, 5) is 0. The Balaban J connectivity index is 2.07. The third-order valence-electron chi connectivity index (χ3n) is 2.72. The third kappa shape index (κ3) is 2.14. The van der Waals surface area contributed by atoms with E-state index in [1.54, 1.807) is 0 Å². The highest BCUT2D eigenvalue weighted by Crippen LogP contribution is 2.19. The predicted molar refractivity (Wildman–Crippen MR) is 59.9 cm³/mol. The lowest BCUT2D eigenvalue weighted by molar-refractivity contribution is 0.642. The van der Waals surface area contributed by atoms with Gasteiger partial charge in [0.25, 0.3) is 0 Å². The van der Waals surface area contributed by atoms with Gasteiger partial charge in [-0.2, -0.15) is 0 Å². The molecule has 0 aliphatic heterocycles. The lowest BCUT2D eigenvalue weighted by Gasteiger charge is -2.13. The molecule has 0 amide bonds. The fourth-order valence-electron chi connectivity index (χ4n) is 1.83. The van der Waals surface area contributed by atoms with E-state index < -0.39 is 0 Å². The first-order valence-corrected chi connectivity index (χ1v) is 5.14. The SMILES string of the molecule is Cc1ccccc1CC1C=CC=[C]C1. The fourth-order valence-corrected chi connectivity index (χ4v) is 1.83. The van der Waals surface area contributed by atoms with E-state index in [1.807, 2.05) is 6.08 Å². The average molecular weight is 183 g/mol. The summed E-state index contributed by atoms with van der Waals surface area (Å²) < 4.78 is 0. The second kappa shape index (κ2) is 4.28. The van der Waals surface area contributed by atoms with Crippen LogP contribution in [0, 0.1) is 18.9 Å². The maximum absolute atomic E-state index is 3.26. The van der Waals surface area contributed by atoms with Crippen molar-refractivity contribution in [1.29, 1.82) is 0 Å². The minimum atomic E-state index is 0.640. The van der Waals surface area contributed by atoms with Crippen molar-refractivity contribution in [2.75, 3.05) is 0 Å². The number of rotatable bonds is 2. The quantitative estimate of drug-likeness (QED) is 0.658. The molecule has 0 saturated heterocycles. The number of hydrogen-bond donors (Lipinski definition) is 0. The Bertz CT molecular complexity index is 358. The van der Waals surface area contributed by atoms with Gasteiger partial charge in [-0.25, -0.2) is 0 Å². The zero-order chi connectivity index (χ0) is 9.80. The molecule has 1 aliphatic rings. The minimum Gasteiger partial charge on any atom is -0.0807 e. The van der Waals surface area contributed by atoms with E-state index in [4.69, 9.17) is 0 Å². The van der Waals surface area contributed by atoms with Gasteiger partial charge in [0.05, 0.1) is 0 Å². The fraction of sp³-hybridized carbons (Fsp3) is 0.286. The number of benzene rings is 1. The number of allylic oxidation sites excluding steroid dienone is 4. The summed E-state index contributed by atoms with van der Waals surface area (Å²) in [5.41, 5.74) is 2.86. The molecule has 1 radical (unpaired) electrons. The van der Waals surface area contributed by atoms with Crippen LogP contribution in [0.4, 0.5) is 0 Å². The molecule has 1 aromatic carbocycles. The second-order valence-corrected chi connectivity index (χ2v) is 3.85. The van der Waals surface area contributed by atoms with Crippen LogP contribution in [-0.2, 0) is 6.42 Å². The van der Waals surface area contributed by atoms with Gasteiger partial charge in [0.15, 0.2) is 0 Å². The Hall–Kier alpha value is -1.30. The highest BCUT2D eigenvalue weighted by atomic mass is 14.1. The van der Waals surface area contributed by atoms with Crippen LogP contribution in [0.15, 0.2) is 42.5 Å². The topological polar surface area (TPSA) is 0 Å². The van der Waals surface area contributed by atoms with E-state index in [1.165, 1.54) is 11.1 Å². The second-order valence-electron chi connectivity index (χ2n) is 3.85. The summed E-state index contributed by atoms with van der Waals surface area (Å²) in [5, 5.41) is 0. The van der Waals surface area contributed by atoms with Crippen molar-refractivity contribution < 1.29 is 0 Å². The van der Waals surface area contributed by atoms with Crippen LogP contribution in [0.1, 0.15) is 17.5 Å². The van der Waals surface area contributed by atoms with Crippen LogP contribution in [0.5, 0.6) is 0 Å². The summed E-state index contributed by atoms with van der Waals surface area (Å²) in [6.07, 6.45) is 11.9. The van der Waals surface area contributed by atoms with Crippen molar-refractivity contribution in [3.63, 3.8) is 0 Å². The first-order chi connectivity index (χ1) is 6.86. The van der Waals surface area contributed by atoms with Gasteiger partial charge >= 0.3 is 0 Å². The molecule has 0 heteroatoms. The predicted octanol–water partition coefficient (Wildman–Crippen LogP) is 3.47. The molecule has 1 aromatic rings. The smallest absolute Gasteiger partial charge is 0.0149 e. The first kappa shape index (κ1) is 9.26. The van der Waals surface area contributed by atoms with Crippen molar-refractivity contribution in [1.82, 2.24) is 0 Å².